The summed E-state index contributed by atoms with van der Waals surface area (Å²) in [5.74, 6) is -0.390. The largest absolute Gasteiger partial charge is 0.457 e. The molecule has 6 atom stereocenters. The quantitative estimate of drug-likeness (QED) is 0.0196. The summed E-state index contributed by atoms with van der Waals surface area (Å²) in [4.78, 5) is 13.0. The lowest BCUT2D eigenvalue weighted by Gasteiger charge is -2.41. The number of carbonyl (C=O) groups is 1. The van der Waals surface area contributed by atoms with Gasteiger partial charge in [0, 0.05) is 13.0 Å². The van der Waals surface area contributed by atoms with Crippen LogP contribution in [-0.2, 0) is 38.3 Å². The van der Waals surface area contributed by atoms with Crippen molar-refractivity contribution in [1.82, 2.24) is 0 Å². The first-order valence-corrected chi connectivity index (χ1v) is 34.5. The second-order valence-electron chi connectivity index (χ2n) is 23.1. The van der Waals surface area contributed by atoms with Crippen molar-refractivity contribution in [3.05, 3.63) is 24.3 Å². The van der Waals surface area contributed by atoms with Crippen molar-refractivity contribution < 1.29 is 56.2 Å². The minimum atomic E-state index is -5.07. The van der Waals surface area contributed by atoms with Crippen molar-refractivity contribution in [2.45, 2.75) is 359 Å². The Bertz CT molecular complexity index is 1440. The zero-order valence-electron chi connectivity index (χ0n) is 50.5. The highest BCUT2D eigenvalue weighted by Gasteiger charge is 2.48. The lowest BCUT2D eigenvalue weighted by molar-refractivity contribution is -0.301. The molecule has 0 amide bonds. The first kappa shape index (κ1) is 74.6. The summed E-state index contributed by atoms with van der Waals surface area (Å²) in [6.07, 6.45) is 60.9. The van der Waals surface area contributed by atoms with Crippen LogP contribution in [0.2, 0.25) is 0 Å². The Morgan fingerprint density at radius 2 is 0.846 bits per heavy atom. The van der Waals surface area contributed by atoms with Gasteiger partial charge >= 0.3 is 16.4 Å². The summed E-state index contributed by atoms with van der Waals surface area (Å²) in [6, 6.07) is 0. The van der Waals surface area contributed by atoms with E-state index in [0.29, 0.717) is 13.0 Å². The first-order chi connectivity index (χ1) is 38.1. The highest BCUT2D eigenvalue weighted by molar-refractivity contribution is 7.80. The van der Waals surface area contributed by atoms with Gasteiger partial charge in [0.1, 0.15) is 30.5 Å². The van der Waals surface area contributed by atoms with Crippen LogP contribution in [0.5, 0.6) is 0 Å². The van der Waals surface area contributed by atoms with E-state index in [1.807, 2.05) is 0 Å². The fourth-order valence-electron chi connectivity index (χ4n) is 10.6. The summed E-state index contributed by atoms with van der Waals surface area (Å²) in [5.41, 5.74) is 0. The van der Waals surface area contributed by atoms with Crippen LogP contribution in [0.4, 0.5) is 0 Å². The number of rotatable bonds is 60. The van der Waals surface area contributed by atoms with Crippen LogP contribution in [0.1, 0.15) is 322 Å². The standard InChI is InChI=1S/C65H124O12S/c1-3-5-7-9-11-13-15-17-19-21-23-25-27-29-31-33-35-37-39-41-43-45-47-49-51-53-55-73-57-59(58-74-65-63(69)64(77-78(70,71)72)62(68)60(56-66)76-65)75-61(67)54-52-50-48-46-44-42-40-38-36-34-32-30-28-26-24-22-20-18-16-14-12-10-8-6-4-2/h15,17,21,23,59-60,62-66,68-69H,3-14,16,18-20,22,24-58H2,1-2H3,(H,70,71,72)/b17-15-,23-21-. The second kappa shape index (κ2) is 56.1. The molecule has 1 aliphatic rings. The van der Waals surface area contributed by atoms with Crippen LogP contribution in [0, 0.1) is 0 Å². The summed E-state index contributed by atoms with van der Waals surface area (Å²) in [6.45, 7) is 4.06. The average Bonchev–Trinajstić information content (AvgIpc) is 3.42. The molecule has 0 bridgehead atoms. The molecule has 0 aromatic heterocycles. The van der Waals surface area contributed by atoms with Crippen LogP contribution in [-0.4, -0.2) is 97.5 Å². The highest BCUT2D eigenvalue weighted by atomic mass is 32.3. The van der Waals surface area contributed by atoms with Crippen LogP contribution in [0.3, 0.4) is 0 Å². The van der Waals surface area contributed by atoms with Gasteiger partial charge < -0.3 is 34.3 Å². The Kier molecular flexibility index (Phi) is 53.6. The molecule has 1 heterocycles. The van der Waals surface area contributed by atoms with Gasteiger partial charge in [-0.3, -0.25) is 9.35 Å². The Balaban J connectivity index is 2.22. The molecule has 0 aromatic rings. The van der Waals surface area contributed by atoms with Crippen molar-refractivity contribution in [3.63, 3.8) is 0 Å². The molecule has 462 valence electrons. The number of hydrogen-bond acceptors (Lipinski definition) is 11. The molecule has 0 spiro atoms. The predicted molar refractivity (Wildman–Crippen MR) is 322 cm³/mol. The molecular formula is C65H124O12S. The Hall–Kier alpha value is -1.42. The molecule has 0 aromatic carbocycles. The summed E-state index contributed by atoms with van der Waals surface area (Å²) < 4.78 is 59.6. The average molecular weight is 1130 g/mol. The molecule has 1 rings (SSSR count). The van der Waals surface area contributed by atoms with Crippen molar-refractivity contribution in [2.75, 3.05) is 26.4 Å². The molecule has 13 heteroatoms. The monoisotopic (exact) mass is 1130 g/mol. The first-order valence-electron chi connectivity index (χ1n) is 33.1. The van der Waals surface area contributed by atoms with Gasteiger partial charge in [0.15, 0.2) is 6.29 Å². The van der Waals surface area contributed by atoms with Crippen LogP contribution < -0.4 is 0 Å². The number of carbonyl (C=O) groups excluding carboxylic acids is 1. The normalized spacial score (nSPS) is 18.5. The topological polar surface area (TPSA) is 178 Å². The summed E-state index contributed by atoms with van der Waals surface area (Å²) in [7, 11) is -5.07. The van der Waals surface area contributed by atoms with E-state index in [0.717, 1.165) is 44.9 Å². The minimum absolute atomic E-state index is 0.0415. The zero-order chi connectivity index (χ0) is 56.7. The lowest BCUT2D eigenvalue weighted by Crippen LogP contribution is -2.60. The highest BCUT2D eigenvalue weighted by Crippen LogP contribution is 2.26. The van der Waals surface area contributed by atoms with E-state index >= 15 is 0 Å². The third-order valence-corrected chi connectivity index (χ3v) is 16.0. The molecule has 4 N–H and O–H groups in total. The van der Waals surface area contributed by atoms with Gasteiger partial charge in [-0.25, -0.2) is 4.18 Å². The van der Waals surface area contributed by atoms with Gasteiger partial charge in [0.05, 0.1) is 19.8 Å². The van der Waals surface area contributed by atoms with E-state index in [4.69, 9.17) is 18.9 Å². The van der Waals surface area contributed by atoms with E-state index in [-0.39, 0.29) is 25.6 Å². The smallest absolute Gasteiger partial charge is 0.397 e. The number of esters is 1. The maximum absolute atomic E-state index is 13.0. The predicted octanol–water partition coefficient (Wildman–Crippen LogP) is 17.4. The number of allylic oxidation sites excluding steroid dienone is 4. The fraction of sp³-hybridized carbons (Fsp3) is 0.923. The van der Waals surface area contributed by atoms with Crippen LogP contribution >= 0.6 is 0 Å². The molecule has 78 heavy (non-hydrogen) atoms. The summed E-state index contributed by atoms with van der Waals surface area (Å²) >= 11 is 0. The number of hydrogen-bond donors (Lipinski definition) is 4. The fourth-order valence-corrected chi connectivity index (χ4v) is 11.1. The molecular weight excluding hydrogens is 1000 g/mol. The summed E-state index contributed by atoms with van der Waals surface area (Å²) in [5, 5.41) is 30.9. The molecule has 12 nitrogen and oxygen atoms in total. The molecule has 0 aliphatic carbocycles. The van der Waals surface area contributed by atoms with Crippen LogP contribution in [0.25, 0.3) is 0 Å². The molecule has 1 saturated heterocycles. The Labute approximate surface area is 480 Å². The Morgan fingerprint density at radius 3 is 1.22 bits per heavy atom. The molecule has 1 fully saturated rings. The van der Waals surface area contributed by atoms with E-state index in [1.165, 1.54) is 250 Å². The van der Waals surface area contributed by atoms with Gasteiger partial charge in [-0.1, -0.05) is 295 Å². The van der Waals surface area contributed by atoms with Crippen molar-refractivity contribution in [1.29, 1.82) is 0 Å². The van der Waals surface area contributed by atoms with Gasteiger partial charge in [0.25, 0.3) is 0 Å². The zero-order valence-corrected chi connectivity index (χ0v) is 51.3. The number of unbranched alkanes of at least 4 members (excludes halogenated alkanes) is 43. The van der Waals surface area contributed by atoms with Crippen molar-refractivity contribution in [2.24, 2.45) is 0 Å². The van der Waals surface area contributed by atoms with Crippen molar-refractivity contribution >= 4 is 16.4 Å². The van der Waals surface area contributed by atoms with Crippen molar-refractivity contribution in [3.8, 4) is 0 Å². The van der Waals surface area contributed by atoms with E-state index in [2.05, 4.69) is 42.3 Å². The minimum Gasteiger partial charge on any atom is -0.457 e. The molecule has 0 radical (unpaired) electrons. The number of aliphatic hydroxyl groups is 3. The van der Waals surface area contributed by atoms with Gasteiger partial charge in [0.2, 0.25) is 0 Å². The SMILES string of the molecule is CCCCCCC/C=C\C/C=C\CCCCCCCCCCCCCCCCOCC(COC1OC(CO)C(O)C(OS(=O)(=O)O)C1O)OC(=O)CCCCCCCCCCCCCCCCCCCCCCCCCCC. The lowest BCUT2D eigenvalue weighted by atomic mass is 9.99. The molecule has 1 aliphatic heterocycles. The Morgan fingerprint density at radius 1 is 0.487 bits per heavy atom. The van der Waals surface area contributed by atoms with E-state index in [1.54, 1.807) is 0 Å². The number of ether oxygens (including phenoxy) is 4. The van der Waals surface area contributed by atoms with Crippen LogP contribution in [0.15, 0.2) is 24.3 Å². The van der Waals surface area contributed by atoms with Gasteiger partial charge in [-0.15, -0.1) is 0 Å². The third kappa shape index (κ3) is 48.1. The van der Waals surface area contributed by atoms with Gasteiger partial charge in [-0.2, -0.15) is 8.42 Å². The van der Waals surface area contributed by atoms with E-state index < -0.39 is 53.8 Å². The number of aliphatic hydroxyl groups excluding tert-OH is 3. The maximum Gasteiger partial charge on any atom is 0.397 e. The maximum atomic E-state index is 13.0. The molecule has 0 saturated carbocycles. The second-order valence-corrected chi connectivity index (χ2v) is 24.1. The van der Waals surface area contributed by atoms with Gasteiger partial charge in [-0.05, 0) is 44.9 Å². The molecule has 6 unspecified atom stereocenters. The van der Waals surface area contributed by atoms with E-state index in [9.17, 15) is 33.1 Å². The third-order valence-electron chi connectivity index (χ3n) is 15.6.